The summed E-state index contributed by atoms with van der Waals surface area (Å²) in [6.07, 6.45) is 6.34. The second-order valence-corrected chi connectivity index (χ2v) is 37.5. The molecule has 0 bridgehead atoms. The number of pyridine rings is 1. The summed E-state index contributed by atoms with van der Waals surface area (Å²) in [4.78, 5) is 10.5. The average Bonchev–Trinajstić information content (AvgIpc) is 0.786. The molecule has 16 aromatic rings. The molecule has 0 amide bonds. The third kappa shape index (κ3) is 13.2. The summed E-state index contributed by atoms with van der Waals surface area (Å²) in [6.45, 7) is 36.4. The molecule has 0 N–H and O–H groups in total. The minimum absolute atomic E-state index is 0.0490. The Kier molecular flexibility index (Phi) is 18.2. The monoisotopic (exact) mass is 1480 g/mol. The molecule has 114 heavy (non-hydrogen) atoms. The van der Waals surface area contributed by atoms with Crippen molar-refractivity contribution in [3.8, 4) is 55.9 Å². The fourth-order valence-corrected chi connectivity index (χ4v) is 18.7. The Bertz CT molecular complexity index is 5790. The largest absolute Gasteiger partial charge is 0.342 e. The molecule has 2 aliphatic rings. The number of aromatic nitrogens is 3. The van der Waals surface area contributed by atoms with Gasteiger partial charge in [-0.05, 0) is 248 Å². The number of hydrogen-bond donors (Lipinski definition) is 0. The number of benzene rings is 13. The molecule has 5 heterocycles. The van der Waals surface area contributed by atoms with Crippen LogP contribution in [0.4, 0.5) is 22.7 Å². The van der Waals surface area contributed by atoms with Crippen LogP contribution in [0, 0.1) is 0 Å². The summed E-state index contributed by atoms with van der Waals surface area (Å²) in [7, 11) is 0. The quantitative estimate of drug-likeness (QED) is 0.102. The maximum Gasteiger partial charge on any atom is 0.252 e. The number of nitrogens with zero attached hydrogens (tertiary/aromatic N) is 5. The van der Waals surface area contributed by atoms with Gasteiger partial charge in [0.1, 0.15) is 0 Å². The molecule has 0 atom stereocenters. The van der Waals surface area contributed by atoms with E-state index >= 15 is 0 Å². The van der Waals surface area contributed by atoms with E-state index in [9.17, 15) is 0 Å². The van der Waals surface area contributed by atoms with Crippen LogP contribution in [-0.2, 0) is 46.3 Å². The topological polar surface area (TPSA) is 29.2 Å². The molecule has 6 heteroatoms. The van der Waals surface area contributed by atoms with E-state index in [1.54, 1.807) is 0 Å². The highest BCUT2D eigenvalue weighted by molar-refractivity contribution is 7.00. The normalized spacial score (nSPS) is 13.2. The third-order valence-corrected chi connectivity index (χ3v) is 24.8. The molecule has 0 radical (unpaired) electrons. The Morgan fingerprint density at radius 2 is 0.640 bits per heavy atom. The lowest BCUT2D eigenvalue weighted by atomic mass is 9.33. The predicted molar refractivity (Wildman–Crippen MR) is 489 cm³/mol. The third-order valence-electron chi connectivity index (χ3n) is 24.8. The van der Waals surface area contributed by atoms with E-state index in [1.807, 2.05) is 6.20 Å². The van der Waals surface area contributed by atoms with Crippen LogP contribution in [0.3, 0.4) is 0 Å². The van der Waals surface area contributed by atoms with Gasteiger partial charge in [-0.1, -0.05) is 298 Å². The Labute approximate surface area is 675 Å². The van der Waals surface area contributed by atoms with Crippen molar-refractivity contribution in [1.82, 2.24) is 14.1 Å². The van der Waals surface area contributed by atoms with Gasteiger partial charge in [0.05, 0.1) is 22.1 Å². The van der Waals surface area contributed by atoms with Gasteiger partial charge in [0.15, 0.2) is 0 Å². The summed E-state index contributed by atoms with van der Waals surface area (Å²) in [5.41, 5.74) is 37.3. The average molecular weight is 1480 g/mol. The van der Waals surface area contributed by atoms with Crippen LogP contribution in [-0.4, -0.2) is 33.9 Å². The second-order valence-electron chi connectivity index (χ2n) is 37.5. The van der Waals surface area contributed by atoms with Crippen molar-refractivity contribution in [3.05, 3.63) is 348 Å². The number of rotatable bonds is 14. The van der Waals surface area contributed by atoms with Crippen LogP contribution >= 0.6 is 0 Å². The van der Waals surface area contributed by atoms with Gasteiger partial charge in [-0.2, -0.15) is 0 Å². The van der Waals surface area contributed by atoms with Gasteiger partial charge in [0.2, 0.25) is 0 Å². The summed E-state index contributed by atoms with van der Waals surface area (Å²) >= 11 is 0. The van der Waals surface area contributed by atoms with E-state index in [0.717, 1.165) is 24.2 Å². The van der Waals surface area contributed by atoms with Gasteiger partial charge in [-0.15, -0.1) is 0 Å². The predicted octanol–water partition coefficient (Wildman–Crippen LogP) is 25.9. The van der Waals surface area contributed by atoms with Gasteiger partial charge in [0.25, 0.3) is 6.71 Å². The smallest absolute Gasteiger partial charge is 0.252 e. The standard InChI is InChI=1S/C108H104BN5/c1-104(2,3)76-42-50-95-88(63-76)89-64-77(105(4,5)6)43-51-96(89)113(95)80-46-48-93-99(67-80)111(58-55-86-82(71-30-20-16-21-31-71)38-28-39-83(86)72-32-22-17-23-33-72)101-61-70(60-75-69-110-57-54-92(75)108(13,14)15)62-102-103(101)109(93)94-49-47-81(114-97-52-44-78(106(7,8)9)65-90(97)91-66-79(107(10,11)12)45-53-98(91)114)68-100(94)112(102)59-56-87-84(73-34-24-18-25-35-73)40-29-41-85(87)74-36-26-19-27-37-74/h16-54,57,61-69H,55-56,58-60H2,1-15H3. The molecule has 0 spiro atoms. The second kappa shape index (κ2) is 28.1. The molecule has 3 aromatic heterocycles. The van der Waals surface area contributed by atoms with E-state index in [4.69, 9.17) is 4.98 Å². The lowest BCUT2D eigenvalue weighted by Crippen LogP contribution is -2.62. The highest BCUT2D eigenvalue weighted by Gasteiger charge is 2.44. The maximum absolute atomic E-state index is 4.95. The zero-order valence-corrected chi connectivity index (χ0v) is 69.1. The molecule has 0 aliphatic carbocycles. The van der Waals surface area contributed by atoms with Crippen LogP contribution in [0.25, 0.3) is 99.5 Å². The molecule has 5 nitrogen and oxygen atoms in total. The van der Waals surface area contributed by atoms with Crippen LogP contribution in [0.1, 0.15) is 154 Å². The van der Waals surface area contributed by atoms with Crippen molar-refractivity contribution in [2.45, 2.75) is 150 Å². The van der Waals surface area contributed by atoms with E-state index in [1.165, 1.54) is 177 Å². The molecular weight excluding hydrogens is 1380 g/mol. The highest BCUT2D eigenvalue weighted by Crippen LogP contribution is 2.47. The van der Waals surface area contributed by atoms with Crippen molar-refractivity contribution in [3.63, 3.8) is 0 Å². The van der Waals surface area contributed by atoms with Gasteiger partial charge >= 0.3 is 0 Å². The zero-order chi connectivity index (χ0) is 78.9. The van der Waals surface area contributed by atoms with Crippen LogP contribution < -0.4 is 26.2 Å². The molecule has 18 rings (SSSR count). The van der Waals surface area contributed by atoms with Gasteiger partial charge in [0, 0.05) is 81.2 Å². The minimum Gasteiger partial charge on any atom is -0.342 e. The molecule has 0 saturated carbocycles. The molecular formula is C108H104BN5. The van der Waals surface area contributed by atoms with E-state index in [0.29, 0.717) is 19.5 Å². The first-order chi connectivity index (χ1) is 54.7. The number of hydrogen-bond acceptors (Lipinski definition) is 3. The Morgan fingerprint density at radius 1 is 0.307 bits per heavy atom. The first-order valence-corrected chi connectivity index (χ1v) is 41.3. The van der Waals surface area contributed by atoms with Gasteiger partial charge in [-0.3, -0.25) is 4.98 Å². The lowest BCUT2D eigenvalue weighted by Gasteiger charge is -2.45. The summed E-state index contributed by atoms with van der Waals surface area (Å²) in [5, 5.41) is 5.11. The van der Waals surface area contributed by atoms with Crippen LogP contribution in [0.5, 0.6) is 0 Å². The molecule has 0 fully saturated rings. The maximum atomic E-state index is 4.95. The van der Waals surface area contributed by atoms with E-state index < -0.39 is 0 Å². The fourth-order valence-electron chi connectivity index (χ4n) is 18.7. The molecule has 0 saturated heterocycles. The molecule has 2 aliphatic heterocycles. The number of fused-ring (bicyclic) bond motifs is 10. The van der Waals surface area contributed by atoms with Crippen molar-refractivity contribution >= 4 is 89.5 Å². The Balaban J connectivity index is 0.933. The molecule has 0 unspecified atom stereocenters. The Morgan fingerprint density at radius 3 is 0.956 bits per heavy atom. The summed E-state index contributed by atoms with van der Waals surface area (Å²) < 4.78 is 5.16. The lowest BCUT2D eigenvalue weighted by molar-refractivity contribution is 0.583. The summed E-state index contributed by atoms with van der Waals surface area (Å²) in [5.74, 6) is 0. The first-order valence-electron chi connectivity index (χ1n) is 41.3. The van der Waals surface area contributed by atoms with Gasteiger partial charge < -0.3 is 18.9 Å². The van der Waals surface area contributed by atoms with Crippen molar-refractivity contribution in [2.24, 2.45) is 0 Å². The Hall–Kier alpha value is -11.7. The molecule has 13 aromatic carbocycles. The molecule has 564 valence electrons. The summed E-state index contributed by atoms with van der Waals surface area (Å²) in [6, 6.07) is 110. The highest BCUT2D eigenvalue weighted by atomic mass is 15.2. The van der Waals surface area contributed by atoms with Crippen molar-refractivity contribution in [2.75, 3.05) is 22.9 Å². The van der Waals surface area contributed by atoms with Gasteiger partial charge in [-0.25, -0.2) is 0 Å². The number of anilines is 4. The zero-order valence-electron chi connectivity index (χ0n) is 69.1. The minimum atomic E-state index is -0.162. The van der Waals surface area contributed by atoms with Crippen molar-refractivity contribution < 1.29 is 0 Å². The van der Waals surface area contributed by atoms with E-state index in [2.05, 4.69) is 414 Å². The SMILES string of the molecule is CC(C)(C)c1ccc2c(c1)c1cc(C(C)(C)C)ccc1n2-c1ccc2c(c1)N(CCc1c(-c3ccccc3)cccc1-c1ccccc1)c1cc(Cc3cnccc3C(C)(C)C)cc3c1B2c1ccc(-n2c4ccc(C(C)(C)C)cc4c4cc(C(C)(C)C)ccc42)cc1N3CCc1c(-c2ccccc2)cccc1-c1ccccc1. The fraction of sp³-hybridized carbons (Fsp3) is 0.231. The van der Waals surface area contributed by atoms with Crippen LogP contribution in [0.2, 0.25) is 0 Å². The van der Waals surface area contributed by atoms with E-state index in [-0.39, 0.29) is 33.8 Å². The first kappa shape index (κ1) is 73.7. The van der Waals surface area contributed by atoms with Crippen LogP contribution in [0.15, 0.2) is 298 Å². The van der Waals surface area contributed by atoms with Crippen molar-refractivity contribution in [1.29, 1.82) is 0 Å².